The van der Waals surface area contributed by atoms with Crippen LogP contribution in [-0.2, 0) is 6.42 Å². The van der Waals surface area contributed by atoms with E-state index < -0.39 is 0 Å². The van der Waals surface area contributed by atoms with Crippen molar-refractivity contribution in [1.29, 1.82) is 0 Å². The summed E-state index contributed by atoms with van der Waals surface area (Å²) in [6.45, 7) is 6.43. The molecule has 0 radical (unpaired) electrons. The Balaban J connectivity index is 1.92. The molecule has 0 aliphatic heterocycles. The average molecular weight is 308 g/mol. The van der Waals surface area contributed by atoms with Gasteiger partial charge in [-0.05, 0) is 44.0 Å². The first kappa shape index (κ1) is 14.8. The van der Waals surface area contributed by atoms with Crippen molar-refractivity contribution in [1.82, 2.24) is 4.98 Å². The fourth-order valence-electron chi connectivity index (χ4n) is 2.67. The van der Waals surface area contributed by atoms with Gasteiger partial charge in [-0.3, -0.25) is 0 Å². The van der Waals surface area contributed by atoms with Crippen molar-refractivity contribution in [3.8, 4) is 11.3 Å². The minimum Gasteiger partial charge on any atom is -0.399 e. The smallest absolute Gasteiger partial charge is 0.0979 e. The van der Waals surface area contributed by atoms with Crippen LogP contribution in [0.1, 0.15) is 26.6 Å². The van der Waals surface area contributed by atoms with Gasteiger partial charge in [0.15, 0.2) is 0 Å². The van der Waals surface area contributed by atoms with Gasteiger partial charge in [0.25, 0.3) is 0 Å². The number of nitrogens with zero attached hydrogens (tertiary/aromatic N) is 1. The molecule has 3 heteroatoms. The molecule has 0 fully saturated rings. The van der Waals surface area contributed by atoms with Crippen LogP contribution < -0.4 is 5.73 Å². The van der Waals surface area contributed by atoms with Gasteiger partial charge < -0.3 is 5.73 Å². The van der Waals surface area contributed by atoms with Crippen molar-refractivity contribution < 1.29 is 0 Å². The van der Waals surface area contributed by atoms with Gasteiger partial charge in [0.2, 0.25) is 0 Å². The van der Waals surface area contributed by atoms with E-state index in [4.69, 9.17) is 10.7 Å². The molecule has 3 rings (SSSR count). The Bertz CT molecular complexity index is 801. The maximum atomic E-state index is 5.74. The van der Waals surface area contributed by atoms with Gasteiger partial charge in [-0.1, -0.05) is 35.9 Å². The topological polar surface area (TPSA) is 38.9 Å². The predicted octanol–water partition coefficient (Wildman–Crippen LogP) is 4.91. The van der Waals surface area contributed by atoms with Gasteiger partial charge in [0.05, 0.1) is 10.7 Å². The normalized spacial score (nSPS) is 10.9. The number of nitrogen functional groups attached to an aromatic ring is 1. The zero-order valence-corrected chi connectivity index (χ0v) is 14.0. The molecule has 0 bridgehead atoms. The van der Waals surface area contributed by atoms with E-state index in [9.17, 15) is 0 Å². The predicted molar refractivity (Wildman–Crippen MR) is 95.4 cm³/mol. The van der Waals surface area contributed by atoms with Gasteiger partial charge in [-0.15, -0.1) is 11.3 Å². The molecular formula is C19H20N2S. The maximum Gasteiger partial charge on any atom is 0.0979 e. The standard InChI is InChI=1S/C19H20N2S/c1-12-4-9-17(13(2)10-12)19-14(3)22-18(21-19)11-15-5-7-16(20)8-6-15/h4-10H,11,20H2,1-3H3. The van der Waals surface area contributed by atoms with E-state index in [0.717, 1.165) is 22.8 Å². The monoisotopic (exact) mass is 308 g/mol. The third kappa shape index (κ3) is 3.04. The number of aromatic nitrogens is 1. The van der Waals surface area contributed by atoms with E-state index in [1.54, 1.807) is 11.3 Å². The summed E-state index contributed by atoms with van der Waals surface area (Å²) in [5.74, 6) is 0. The van der Waals surface area contributed by atoms with Crippen LogP contribution in [0.25, 0.3) is 11.3 Å². The molecule has 112 valence electrons. The third-order valence-corrected chi connectivity index (χ3v) is 4.78. The number of thiazole rings is 1. The summed E-state index contributed by atoms with van der Waals surface area (Å²) >= 11 is 1.78. The van der Waals surface area contributed by atoms with Crippen molar-refractivity contribution in [2.75, 3.05) is 5.73 Å². The second-order valence-electron chi connectivity index (χ2n) is 5.75. The van der Waals surface area contributed by atoms with Gasteiger partial charge in [-0.2, -0.15) is 0 Å². The molecule has 22 heavy (non-hydrogen) atoms. The quantitative estimate of drug-likeness (QED) is 0.698. The summed E-state index contributed by atoms with van der Waals surface area (Å²) in [5.41, 5.74) is 12.7. The molecule has 2 N–H and O–H groups in total. The van der Waals surface area contributed by atoms with Crippen molar-refractivity contribution in [3.63, 3.8) is 0 Å². The molecule has 2 nitrogen and oxygen atoms in total. The van der Waals surface area contributed by atoms with Crippen LogP contribution in [0.3, 0.4) is 0 Å². The molecule has 0 atom stereocenters. The zero-order chi connectivity index (χ0) is 15.7. The molecule has 0 aliphatic rings. The molecule has 0 unspecified atom stereocenters. The van der Waals surface area contributed by atoms with Crippen molar-refractivity contribution in [3.05, 3.63) is 69.0 Å². The van der Waals surface area contributed by atoms with Crippen molar-refractivity contribution >= 4 is 17.0 Å². The highest BCUT2D eigenvalue weighted by molar-refractivity contribution is 7.12. The Hall–Kier alpha value is -2.13. The number of hydrogen-bond donors (Lipinski definition) is 1. The molecule has 0 spiro atoms. The van der Waals surface area contributed by atoms with E-state index in [1.807, 2.05) is 12.1 Å². The molecule has 0 amide bonds. The van der Waals surface area contributed by atoms with Gasteiger partial charge >= 0.3 is 0 Å². The van der Waals surface area contributed by atoms with Gasteiger partial charge in [-0.25, -0.2) is 4.98 Å². The van der Waals surface area contributed by atoms with Gasteiger partial charge in [0, 0.05) is 22.5 Å². The van der Waals surface area contributed by atoms with Crippen LogP contribution >= 0.6 is 11.3 Å². The third-order valence-electron chi connectivity index (χ3n) is 3.81. The molecular weight excluding hydrogens is 288 g/mol. The van der Waals surface area contributed by atoms with Crippen LogP contribution in [0, 0.1) is 20.8 Å². The first-order chi connectivity index (χ1) is 10.5. The molecule has 0 aliphatic carbocycles. The van der Waals surface area contributed by atoms with E-state index in [0.29, 0.717) is 0 Å². The van der Waals surface area contributed by atoms with Crippen LogP contribution in [0.15, 0.2) is 42.5 Å². The van der Waals surface area contributed by atoms with E-state index in [1.165, 1.54) is 27.1 Å². The number of benzene rings is 2. The summed E-state index contributed by atoms with van der Waals surface area (Å²) in [5, 5.41) is 1.15. The van der Waals surface area contributed by atoms with Crippen LogP contribution in [0.4, 0.5) is 5.69 Å². The van der Waals surface area contributed by atoms with Crippen molar-refractivity contribution in [2.24, 2.45) is 0 Å². The minimum atomic E-state index is 0.801. The van der Waals surface area contributed by atoms with Gasteiger partial charge in [0.1, 0.15) is 0 Å². The Labute approximate surface area is 135 Å². The highest BCUT2D eigenvalue weighted by Gasteiger charge is 2.12. The first-order valence-electron chi connectivity index (χ1n) is 7.41. The van der Waals surface area contributed by atoms with E-state index in [2.05, 4.69) is 51.1 Å². The van der Waals surface area contributed by atoms with Crippen LogP contribution in [0.2, 0.25) is 0 Å². The molecule has 0 saturated carbocycles. The second-order valence-corrected chi connectivity index (χ2v) is 7.04. The summed E-state index contributed by atoms with van der Waals surface area (Å²) < 4.78 is 0. The number of anilines is 1. The summed E-state index contributed by atoms with van der Waals surface area (Å²) in [6.07, 6.45) is 0.858. The minimum absolute atomic E-state index is 0.801. The summed E-state index contributed by atoms with van der Waals surface area (Å²) in [4.78, 5) is 6.15. The molecule has 1 heterocycles. The van der Waals surface area contributed by atoms with Crippen LogP contribution in [0.5, 0.6) is 0 Å². The maximum absolute atomic E-state index is 5.74. The Morgan fingerprint density at radius 3 is 2.41 bits per heavy atom. The van der Waals surface area contributed by atoms with E-state index in [-0.39, 0.29) is 0 Å². The number of aryl methyl sites for hydroxylation is 3. The fourth-order valence-corrected chi connectivity index (χ4v) is 3.65. The summed E-state index contributed by atoms with van der Waals surface area (Å²) in [6, 6.07) is 14.6. The lowest BCUT2D eigenvalue weighted by Gasteiger charge is -2.05. The number of rotatable bonds is 3. The lowest BCUT2D eigenvalue weighted by Crippen LogP contribution is -1.90. The highest BCUT2D eigenvalue weighted by atomic mass is 32.1. The highest BCUT2D eigenvalue weighted by Crippen LogP contribution is 2.31. The summed E-state index contributed by atoms with van der Waals surface area (Å²) in [7, 11) is 0. The Morgan fingerprint density at radius 2 is 1.73 bits per heavy atom. The largest absolute Gasteiger partial charge is 0.399 e. The molecule has 1 aromatic heterocycles. The number of nitrogens with two attached hydrogens (primary N) is 1. The first-order valence-corrected chi connectivity index (χ1v) is 8.23. The molecule has 2 aromatic carbocycles. The fraction of sp³-hybridized carbons (Fsp3) is 0.211. The van der Waals surface area contributed by atoms with E-state index >= 15 is 0 Å². The average Bonchev–Trinajstić information content (AvgIpc) is 2.82. The van der Waals surface area contributed by atoms with Crippen molar-refractivity contribution in [2.45, 2.75) is 27.2 Å². The lowest BCUT2D eigenvalue weighted by molar-refractivity contribution is 1.14. The molecule has 0 saturated heterocycles. The second kappa shape index (κ2) is 5.93. The Morgan fingerprint density at radius 1 is 1.00 bits per heavy atom. The Kier molecular flexibility index (Phi) is 3.99. The molecule has 3 aromatic rings. The van der Waals surface area contributed by atoms with Crippen LogP contribution in [-0.4, -0.2) is 4.98 Å². The lowest BCUT2D eigenvalue weighted by atomic mass is 10.0. The zero-order valence-electron chi connectivity index (χ0n) is 13.2. The SMILES string of the molecule is Cc1ccc(-c2nc(Cc3ccc(N)cc3)sc2C)c(C)c1. The number of hydrogen-bond acceptors (Lipinski definition) is 3.